The number of alkyl halides is 3. The number of hydrogen-bond donors (Lipinski definition) is 2. The minimum atomic E-state index is -4.49. The van der Waals surface area contributed by atoms with E-state index in [1.54, 1.807) is 7.05 Å². The fraction of sp³-hybridized carbons (Fsp3) is 0.667. The third kappa shape index (κ3) is 6.94. The van der Waals surface area contributed by atoms with Crippen molar-refractivity contribution in [2.24, 2.45) is 10.9 Å². The summed E-state index contributed by atoms with van der Waals surface area (Å²) in [6.45, 7) is 8.84. The van der Waals surface area contributed by atoms with Crippen LogP contribution in [0.2, 0.25) is 0 Å². The average Bonchev–Trinajstić information content (AvgIpc) is 2.98. The molecule has 1 aliphatic heterocycles. The first-order valence-electron chi connectivity index (χ1n) is 9.08. The fourth-order valence-corrected chi connectivity index (χ4v) is 3.02. The van der Waals surface area contributed by atoms with Crippen LogP contribution in [0.4, 0.5) is 13.2 Å². The van der Waals surface area contributed by atoms with Crippen LogP contribution in [0, 0.1) is 5.92 Å². The zero-order valence-corrected chi connectivity index (χ0v) is 18.9. The molecule has 0 amide bonds. The van der Waals surface area contributed by atoms with E-state index in [1.165, 1.54) is 12.3 Å². The van der Waals surface area contributed by atoms with Crippen LogP contribution in [0.1, 0.15) is 26.3 Å². The van der Waals surface area contributed by atoms with Gasteiger partial charge in [0.1, 0.15) is 12.2 Å². The third-order valence-electron chi connectivity index (χ3n) is 4.63. The molecule has 1 aliphatic rings. The molecule has 2 N–H and O–H groups in total. The highest BCUT2D eigenvalue weighted by molar-refractivity contribution is 14.0. The molecule has 0 aliphatic carbocycles. The summed E-state index contributed by atoms with van der Waals surface area (Å²) in [6.07, 6.45) is -3.21. The summed E-state index contributed by atoms with van der Waals surface area (Å²) >= 11 is 0. The molecular weight excluding hydrogens is 486 g/mol. The van der Waals surface area contributed by atoms with Crippen molar-refractivity contribution in [3.8, 4) is 5.88 Å². The number of nitrogens with zero attached hydrogens (tertiary/aromatic N) is 3. The molecule has 0 radical (unpaired) electrons. The highest BCUT2D eigenvalue weighted by Crippen LogP contribution is 2.34. The number of rotatable bonds is 6. The molecule has 1 aromatic heterocycles. The van der Waals surface area contributed by atoms with Crippen LogP contribution in [0.5, 0.6) is 5.88 Å². The molecule has 6 nitrogen and oxygen atoms in total. The summed E-state index contributed by atoms with van der Waals surface area (Å²) in [7, 11) is 1.66. The van der Waals surface area contributed by atoms with Gasteiger partial charge >= 0.3 is 6.18 Å². The van der Waals surface area contributed by atoms with Gasteiger partial charge in [-0.15, -0.1) is 24.0 Å². The molecule has 0 spiro atoms. The molecule has 1 fully saturated rings. The summed E-state index contributed by atoms with van der Waals surface area (Å²) in [5, 5.41) is 6.46. The molecule has 160 valence electrons. The molecule has 2 unspecified atom stereocenters. The number of guanidine groups is 1. The zero-order chi connectivity index (χ0) is 20.0. The van der Waals surface area contributed by atoms with Crippen LogP contribution in [0.25, 0.3) is 0 Å². The number of halogens is 4. The van der Waals surface area contributed by atoms with Gasteiger partial charge in [0.25, 0.3) is 0 Å². The van der Waals surface area contributed by atoms with Crippen LogP contribution in [-0.2, 0) is 6.18 Å². The largest absolute Gasteiger partial charge is 0.475 e. The van der Waals surface area contributed by atoms with Crippen molar-refractivity contribution in [2.75, 3.05) is 33.3 Å². The van der Waals surface area contributed by atoms with Crippen molar-refractivity contribution in [2.45, 2.75) is 39.0 Å². The van der Waals surface area contributed by atoms with Gasteiger partial charge in [-0.25, -0.2) is 4.98 Å². The van der Waals surface area contributed by atoms with Crippen molar-refractivity contribution in [1.82, 2.24) is 20.5 Å². The van der Waals surface area contributed by atoms with Gasteiger partial charge in [-0.3, -0.25) is 9.89 Å². The van der Waals surface area contributed by atoms with Gasteiger partial charge in [-0.1, -0.05) is 6.92 Å². The Labute approximate surface area is 181 Å². The van der Waals surface area contributed by atoms with Crippen LogP contribution in [0.3, 0.4) is 0 Å². The Morgan fingerprint density at radius 2 is 2.11 bits per heavy atom. The third-order valence-corrected chi connectivity index (χ3v) is 4.63. The second-order valence-corrected chi connectivity index (χ2v) is 6.98. The molecule has 10 heteroatoms. The topological polar surface area (TPSA) is 61.8 Å². The normalized spacial score (nSPS) is 20.8. The SMILES string of the molecule is CN=C(NCCOc1ncccc1C(F)(F)F)NC1CN(C(C)C)CC1C.I. The molecule has 2 heterocycles. The van der Waals surface area contributed by atoms with Crippen LogP contribution >= 0.6 is 24.0 Å². The maximum absolute atomic E-state index is 12.9. The van der Waals surface area contributed by atoms with Crippen molar-refractivity contribution < 1.29 is 17.9 Å². The van der Waals surface area contributed by atoms with E-state index in [0.29, 0.717) is 24.5 Å². The first kappa shape index (κ1) is 24.7. The summed E-state index contributed by atoms with van der Waals surface area (Å²) in [5.41, 5.74) is -0.874. The molecule has 2 rings (SSSR count). The quantitative estimate of drug-likeness (QED) is 0.264. The van der Waals surface area contributed by atoms with Gasteiger partial charge in [-0.05, 0) is 31.9 Å². The van der Waals surface area contributed by atoms with E-state index in [9.17, 15) is 13.2 Å². The first-order chi connectivity index (χ1) is 12.7. The van der Waals surface area contributed by atoms with Crippen molar-refractivity contribution in [1.29, 1.82) is 0 Å². The molecule has 1 aromatic rings. The molecular formula is C18H29F3IN5O. The van der Waals surface area contributed by atoms with Gasteiger partial charge in [-0.2, -0.15) is 13.2 Å². The van der Waals surface area contributed by atoms with E-state index in [0.717, 1.165) is 19.2 Å². The number of nitrogens with one attached hydrogen (secondary N) is 2. The maximum atomic E-state index is 12.9. The summed E-state index contributed by atoms with van der Waals surface area (Å²) in [5.74, 6) is 0.676. The lowest BCUT2D eigenvalue weighted by molar-refractivity contribution is -0.139. The molecule has 2 atom stereocenters. The first-order valence-corrected chi connectivity index (χ1v) is 9.08. The van der Waals surface area contributed by atoms with Gasteiger partial charge < -0.3 is 15.4 Å². The van der Waals surface area contributed by atoms with Crippen molar-refractivity contribution in [3.63, 3.8) is 0 Å². The molecule has 1 saturated heterocycles. The molecule has 0 saturated carbocycles. The standard InChI is InChI=1S/C18H28F3N5O.HI/c1-12(2)26-10-13(3)15(11-26)25-17(22-4)24-8-9-27-16-14(18(19,20)21)6-5-7-23-16;/h5-7,12-13,15H,8-11H2,1-4H3,(H2,22,24,25);1H. The van der Waals surface area contributed by atoms with Crippen LogP contribution in [-0.4, -0.2) is 61.2 Å². The lowest BCUT2D eigenvalue weighted by Crippen LogP contribution is -2.47. The molecule has 28 heavy (non-hydrogen) atoms. The van der Waals surface area contributed by atoms with E-state index < -0.39 is 17.6 Å². The number of likely N-dealkylation sites (tertiary alicyclic amines) is 1. The summed E-state index contributed by atoms with van der Waals surface area (Å²) in [6, 6.07) is 2.96. The Morgan fingerprint density at radius 1 is 1.39 bits per heavy atom. The molecule has 0 bridgehead atoms. The Hall–Kier alpha value is -1.30. The number of aromatic nitrogens is 1. The van der Waals surface area contributed by atoms with Crippen LogP contribution < -0.4 is 15.4 Å². The van der Waals surface area contributed by atoms with E-state index in [2.05, 4.69) is 46.3 Å². The predicted octanol–water partition coefficient (Wildman–Crippen LogP) is 2.99. The monoisotopic (exact) mass is 515 g/mol. The number of ether oxygens (including phenoxy) is 1. The van der Waals surface area contributed by atoms with E-state index in [-0.39, 0.29) is 36.6 Å². The average molecular weight is 515 g/mol. The maximum Gasteiger partial charge on any atom is 0.421 e. The van der Waals surface area contributed by atoms with Gasteiger partial charge in [0.15, 0.2) is 5.96 Å². The van der Waals surface area contributed by atoms with Crippen molar-refractivity contribution in [3.05, 3.63) is 23.9 Å². The van der Waals surface area contributed by atoms with Gasteiger partial charge in [0.05, 0.1) is 6.54 Å². The summed E-state index contributed by atoms with van der Waals surface area (Å²) in [4.78, 5) is 10.3. The smallest absolute Gasteiger partial charge is 0.421 e. The second kappa shape index (κ2) is 11.0. The van der Waals surface area contributed by atoms with E-state index in [1.807, 2.05) is 0 Å². The van der Waals surface area contributed by atoms with Gasteiger partial charge in [0, 0.05) is 38.4 Å². The number of pyridine rings is 1. The second-order valence-electron chi connectivity index (χ2n) is 6.98. The highest BCUT2D eigenvalue weighted by atomic mass is 127. The highest BCUT2D eigenvalue weighted by Gasteiger charge is 2.35. The Kier molecular flexibility index (Phi) is 9.75. The Morgan fingerprint density at radius 3 is 2.68 bits per heavy atom. The Balaban J connectivity index is 0.00000392. The number of hydrogen-bond acceptors (Lipinski definition) is 4. The lowest BCUT2D eigenvalue weighted by atomic mass is 10.1. The minimum Gasteiger partial charge on any atom is -0.475 e. The fourth-order valence-electron chi connectivity index (χ4n) is 3.02. The lowest BCUT2D eigenvalue weighted by Gasteiger charge is -2.22. The molecule has 0 aromatic carbocycles. The van der Waals surface area contributed by atoms with Crippen LogP contribution in [0.15, 0.2) is 23.3 Å². The minimum absolute atomic E-state index is 0. The Bertz CT molecular complexity index is 642. The van der Waals surface area contributed by atoms with Crippen molar-refractivity contribution >= 4 is 29.9 Å². The van der Waals surface area contributed by atoms with Gasteiger partial charge in [0.2, 0.25) is 5.88 Å². The zero-order valence-electron chi connectivity index (χ0n) is 16.6. The predicted molar refractivity (Wildman–Crippen MR) is 114 cm³/mol. The summed E-state index contributed by atoms with van der Waals surface area (Å²) < 4.78 is 44.0. The van der Waals surface area contributed by atoms with E-state index in [4.69, 9.17) is 4.74 Å². The van der Waals surface area contributed by atoms with E-state index >= 15 is 0 Å². The number of aliphatic imine (C=N–C) groups is 1.